The Morgan fingerprint density at radius 3 is 2.34 bits per heavy atom. The molecule has 0 aliphatic carbocycles. The van der Waals surface area contributed by atoms with Gasteiger partial charge in [-0.2, -0.15) is 0 Å². The van der Waals surface area contributed by atoms with Crippen LogP contribution in [-0.2, 0) is 37.9 Å². The van der Waals surface area contributed by atoms with Crippen LogP contribution < -0.4 is 22.1 Å². The van der Waals surface area contributed by atoms with Gasteiger partial charge in [-0.25, -0.2) is 9.78 Å². The van der Waals surface area contributed by atoms with E-state index in [9.17, 15) is 19.5 Å². The topological polar surface area (TPSA) is 176 Å². The number of carboxylic acid groups (broad SMARTS) is 1. The quantitative estimate of drug-likeness (QED) is 0.173. The summed E-state index contributed by atoms with van der Waals surface area (Å²) in [5, 5.41) is 14.5. The summed E-state index contributed by atoms with van der Waals surface area (Å²) in [6.45, 7) is 4.34. The third kappa shape index (κ3) is 10.4. The summed E-state index contributed by atoms with van der Waals surface area (Å²) in [5.74, 6) is -1.96. The van der Waals surface area contributed by atoms with E-state index < -0.39 is 35.9 Å². The summed E-state index contributed by atoms with van der Waals surface area (Å²) >= 11 is 0. The maximum absolute atomic E-state index is 12.7. The largest absolute Gasteiger partial charge is 0.480 e. The summed E-state index contributed by atoms with van der Waals surface area (Å²) in [6, 6.07) is -2.79. The van der Waals surface area contributed by atoms with Crippen LogP contribution in [0.25, 0.3) is 0 Å². The predicted molar refractivity (Wildman–Crippen MR) is 104 cm³/mol. The fourth-order valence-corrected chi connectivity index (χ4v) is 2.74. The fraction of sp³-hybridized carbons (Fsp3) is 0.667. The second-order valence-electron chi connectivity index (χ2n) is 7.25. The van der Waals surface area contributed by atoms with Crippen LogP contribution in [0, 0.1) is 5.92 Å². The Hall–Kier alpha value is -1.94. The number of hydrogen-bond donors (Lipinski definition) is 6. The zero-order valence-electron chi connectivity index (χ0n) is 16.9. The van der Waals surface area contributed by atoms with E-state index in [1.807, 2.05) is 13.8 Å². The molecule has 29 heavy (non-hydrogen) atoms. The van der Waals surface area contributed by atoms with E-state index in [0.717, 1.165) is 0 Å². The zero-order valence-corrected chi connectivity index (χ0v) is 18.0. The second-order valence-corrected chi connectivity index (χ2v) is 7.25. The molecule has 0 fully saturated rings. The van der Waals surface area contributed by atoms with Crippen LogP contribution in [0.1, 0.15) is 45.2 Å². The zero-order chi connectivity index (χ0) is 21.1. The number of nitrogens with zero attached hydrogens (tertiary/aromatic N) is 1. The molecule has 2 amide bonds. The van der Waals surface area contributed by atoms with Gasteiger partial charge in [-0.15, -0.1) is 0 Å². The van der Waals surface area contributed by atoms with E-state index in [-0.39, 0.29) is 35.8 Å². The maximum atomic E-state index is 12.7. The molecule has 0 aliphatic rings. The van der Waals surface area contributed by atoms with E-state index in [1.165, 1.54) is 6.33 Å². The number of aliphatic carboxylic acids is 1. The maximum Gasteiger partial charge on any atom is 0.326 e. The van der Waals surface area contributed by atoms with Crippen LogP contribution in [0.5, 0.6) is 0 Å². The number of carbonyl (C=O) groups excluding carboxylic acids is 2. The molecule has 1 aromatic rings. The van der Waals surface area contributed by atoms with Gasteiger partial charge < -0.3 is 32.2 Å². The number of aromatic nitrogens is 2. The van der Waals surface area contributed by atoms with Gasteiger partial charge in [-0.3, -0.25) is 9.59 Å². The molecule has 0 bridgehead atoms. The van der Waals surface area contributed by atoms with Gasteiger partial charge in [-0.1, -0.05) is 13.8 Å². The van der Waals surface area contributed by atoms with Crippen molar-refractivity contribution in [1.29, 1.82) is 0 Å². The molecule has 0 aliphatic heterocycles. The van der Waals surface area contributed by atoms with E-state index >= 15 is 0 Å². The SMILES string of the molecule is CC(C)CC(N)C(=O)NC(Cc1c[nH]cn1)C(=O)NC(CCCCN)C(=O)O.[Mn]. The number of rotatable bonds is 13. The molecule has 8 N–H and O–H groups in total. The predicted octanol–water partition coefficient (Wildman–Crippen LogP) is -0.494. The van der Waals surface area contributed by atoms with Crippen molar-refractivity contribution in [3.8, 4) is 0 Å². The summed E-state index contributed by atoms with van der Waals surface area (Å²) in [6.07, 6.45) is 5.15. The summed E-state index contributed by atoms with van der Waals surface area (Å²) in [5.41, 5.74) is 11.9. The number of carbonyl (C=O) groups is 3. The van der Waals surface area contributed by atoms with Crippen molar-refractivity contribution in [3.05, 3.63) is 18.2 Å². The number of nitrogens with two attached hydrogens (primary N) is 2. The smallest absolute Gasteiger partial charge is 0.326 e. The average molecular weight is 451 g/mol. The number of nitrogens with one attached hydrogen (secondary N) is 3. The van der Waals surface area contributed by atoms with Crippen molar-refractivity contribution in [1.82, 2.24) is 20.6 Å². The first-order valence-corrected chi connectivity index (χ1v) is 9.51. The summed E-state index contributed by atoms with van der Waals surface area (Å²) in [7, 11) is 0. The number of hydrogen-bond acceptors (Lipinski definition) is 6. The average Bonchev–Trinajstić information content (AvgIpc) is 3.12. The summed E-state index contributed by atoms with van der Waals surface area (Å²) < 4.78 is 0. The number of carboxylic acids is 1. The second kappa shape index (κ2) is 14.1. The first kappa shape index (κ1) is 27.1. The molecular weight excluding hydrogens is 419 g/mol. The van der Waals surface area contributed by atoms with Crippen LogP contribution in [0.15, 0.2) is 12.5 Å². The molecule has 11 heteroatoms. The minimum Gasteiger partial charge on any atom is -0.480 e. The Morgan fingerprint density at radius 1 is 1.17 bits per heavy atom. The van der Waals surface area contributed by atoms with Gasteiger partial charge in [0, 0.05) is 29.7 Å². The van der Waals surface area contributed by atoms with Gasteiger partial charge in [-0.05, 0) is 38.1 Å². The number of amides is 2. The van der Waals surface area contributed by atoms with Crippen LogP contribution in [0.4, 0.5) is 0 Å². The minimum atomic E-state index is -1.13. The number of unbranched alkanes of at least 4 members (excludes halogenated alkanes) is 1. The Labute approximate surface area is 181 Å². The normalized spacial score (nSPS) is 13.8. The van der Waals surface area contributed by atoms with Gasteiger partial charge in [0.2, 0.25) is 11.8 Å². The van der Waals surface area contributed by atoms with Crippen LogP contribution in [0.3, 0.4) is 0 Å². The molecule has 0 spiro atoms. The molecule has 3 atom stereocenters. The van der Waals surface area contributed by atoms with Gasteiger partial charge >= 0.3 is 5.97 Å². The van der Waals surface area contributed by atoms with Gasteiger partial charge in [0.15, 0.2) is 0 Å². The third-order valence-corrected chi connectivity index (χ3v) is 4.22. The Kier molecular flexibility index (Phi) is 13.2. The van der Waals surface area contributed by atoms with Crippen LogP contribution in [-0.4, -0.2) is 57.5 Å². The number of H-pyrrole nitrogens is 1. The molecule has 3 unspecified atom stereocenters. The first-order chi connectivity index (χ1) is 13.2. The number of aromatic amines is 1. The fourth-order valence-electron chi connectivity index (χ4n) is 2.74. The molecule has 0 saturated heterocycles. The van der Waals surface area contributed by atoms with Crippen molar-refractivity contribution in [3.63, 3.8) is 0 Å². The monoisotopic (exact) mass is 451 g/mol. The Balaban J connectivity index is 0.00000784. The number of imidazole rings is 1. The molecule has 1 radical (unpaired) electrons. The molecule has 0 saturated carbocycles. The molecule has 1 heterocycles. The Bertz CT molecular complexity index is 626. The van der Waals surface area contributed by atoms with Crippen molar-refractivity contribution < 1.29 is 36.6 Å². The molecule has 10 nitrogen and oxygen atoms in total. The van der Waals surface area contributed by atoms with Gasteiger partial charge in [0.05, 0.1) is 18.1 Å². The first-order valence-electron chi connectivity index (χ1n) is 9.51. The van der Waals surface area contributed by atoms with E-state index in [0.29, 0.717) is 31.5 Å². The van der Waals surface area contributed by atoms with Gasteiger partial charge in [0.1, 0.15) is 12.1 Å². The Morgan fingerprint density at radius 2 is 1.83 bits per heavy atom. The standard InChI is InChI=1S/C18H32N6O4.Mn/c1-11(2)7-13(20)16(25)24-15(8-12-9-21-10-22-12)17(26)23-14(18(27)28)5-3-4-6-19;/h9-11,13-15H,3-8,19-20H2,1-2H3,(H,21,22)(H,23,26)(H,24,25)(H,27,28);. The van der Waals surface area contributed by atoms with E-state index in [4.69, 9.17) is 11.5 Å². The molecule has 1 aromatic heterocycles. The molecule has 0 aromatic carbocycles. The van der Waals surface area contributed by atoms with Crippen molar-refractivity contribution >= 4 is 17.8 Å². The minimum absolute atomic E-state index is 0. The van der Waals surface area contributed by atoms with E-state index in [2.05, 4.69) is 20.6 Å². The molecule has 165 valence electrons. The molecule has 1 rings (SSSR count). The van der Waals surface area contributed by atoms with Gasteiger partial charge in [0.25, 0.3) is 0 Å². The van der Waals surface area contributed by atoms with Crippen molar-refractivity contribution in [2.75, 3.05) is 6.54 Å². The summed E-state index contributed by atoms with van der Waals surface area (Å²) in [4.78, 5) is 43.4. The van der Waals surface area contributed by atoms with Crippen LogP contribution in [0.2, 0.25) is 0 Å². The van der Waals surface area contributed by atoms with Crippen molar-refractivity contribution in [2.24, 2.45) is 17.4 Å². The van der Waals surface area contributed by atoms with E-state index in [1.54, 1.807) is 6.20 Å². The van der Waals surface area contributed by atoms with Crippen LogP contribution >= 0.6 is 0 Å². The van der Waals surface area contributed by atoms with Crippen molar-refractivity contribution in [2.45, 2.75) is 64.1 Å². The third-order valence-electron chi connectivity index (χ3n) is 4.22. The molecular formula is C18H32MnN6O4.